The minimum Gasteiger partial charge on any atom is -0.508 e. The molecular formula is C18H24O5. The van der Waals surface area contributed by atoms with Crippen molar-refractivity contribution in [3.63, 3.8) is 0 Å². The Kier molecular flexibility index (Phi) is 6.04. The highest BCUT2D eigenvalue weighted by atomic mass is 16.5. The fourth-order valence-corrected chi connectivity index (χ4v) is 2.75. The summed E-state index contributed by atoms with van der Waals surface area (Å²) in [6.45, 7) is 1.79. The van der Waals surface area contributed by atoms with Crippen LogP contribution in [0.15, 0.2) is 18.2 Å². The maximum Gasteiger partial charge on any atom is 0.342 e. The summed E-state index contributed by atoms with van der Waals surface area (Å²) in [7, 11) is 0. The van der Waals surface area contributed by atoms with Gasteiger partial charge in [0.15, 0.2) is 0 Å². The number of phenols is 2. The lowest BCUT2D eigenvalue weighted by atomic mass is 10.0. The Labute approximate surface area is 136 Å². The molecule has 0 amide bonds. The summed E-state index contributed by atoms with van der Waals surface area (Å²) in [5.41, 5.74) is 0.500. The molecule has 0 radical (unpaired) electrons. The molecule has 0 bridgehead atoms. The lowest BCUT2D eigenvalue weighted by Crippen LogP contribution is -2.17. The zero-order chi connectivity index (χ0) is 16.8. The number of hydrogen-bond donors (Lipinski definition) is 3. The van der Waals surface area contributed by atoms with Gasteiger partial charge in [-0.25, -0.2) is 4.79 Å². The van der Waals surface area contributed by atoms with Crippen molar-refractivity contribution in [1.29, 1.82) is 0 Å². The third-order valence-electron chi connectivity index (χ3n) is 4.00. The van der Waals surface area contributed by atoms with Gasteiger partial charge in [-0.2, -0.15) is 0 Å². The quantitative estimate of drug-likeness (QED) is 0.638. The zero-order valence-electron chi connectivity index (χ0n) is 13.4. The Hall–Kier alpha value is -2.01. The second-order valence-corrected chi connectivity index (χ2v) is 6.06. The fourth-order valence-electron chi connectivity index (χ4n) is 2.75. The molecule has 2 rings (SSSR count). The summed E-state index contributed by atoms with van der Waals surface area (Å²) in [5, 5.41) is 29.5. The van der Waals surface area contributed by atoms with Gasteiger partial charge >= 0.3 is 5.97 Å². The molecule has 1 aliphatic heterocycles. The van der Waals surface area contributed by atoms with E-state index in [1.54, 1.807) is 13.0 Å². The first-order valence-corrected chi connectivity index (χ1v) is 8.09. The molecule has 1 heterocycles. The van der Waals surface area contributed by atoms with Crippen LogP contribution in [-0.4, -0.2) is 33.5 Å². The number of cyclic esters (lactones) is 1. The van der Waals surface area contributed by atoms with Gasteiger partial charge < -0.3 is 20.1 Å². The molecule has 0 fully saturated rings. The highest BCUT2D eigenvalue weighted by Gasteiger charge is 2.20. The number of aromatic hydroxyl groups is 2. The van der Waals surface area contributed by atoms with E-state index in [2.05, 4.69) is 0 Å². The van der Waals surface area contributed by atoms with Crippen LogP contribution in [0, 0.1) is 0 Å². The lowest BCUT2D eigenvalue weighted by Gasteiger charge is -2.17. The predicted octanol–water partition coefficient (Wildman–Crippen LogP) is 3.37. The molecule has 126 valence electrons. The molecule has 1 aliphatic rings. The summed E-state index contributed by atoms with van der Waals surface area (Å²) in [4.78, 5) is 12.3. The number of rotatable bonds is 0. The number of carbonyl (C=O) groups excluding carboxylic acids is 1. The van der Waals surface area contributed by atoms with E-state index in [-0.39, 0.29) is 29.3 Å². The highest BCUT2D eigenvalue weighted by Crippen LogP contribution is 2.30. The maximum absolute atomic E-state index is 12.3. The monoisotopic (exact) mass is 320 g/mol. The standard InChI is InChI=1S/C18H24O5/c1-12-6-5-9-14(19)8-4-2-3-7-13-10-15(20)11-16(21)17(13)18(22)23-12/h3,7,10-12,14,19-21H,2,4-6,8-9H2,1H3/b7-3-/t12-,14+/m0/s1. The van der Waals surface area contributed by atoms with Crippen LogP contribution in [0.2, 0.25) is 0 Å². The average Bonchev–Trinajstić information content (AvgIpc) is 2.45. The summed E-state index contributed by atoms with van der Waals surface area (Å²) in [6, 6.07) is 2.57. The summed E-state index contributed by atoms with van der Waals surface area (Å²) >= 11 is 0. The fraction of sp³-hybridized carbons (Fsp3) is 0.500. The number of phenolic OH excluding ortho intramolecular Hbond substituents is 2. The van der Waals surface area contributed by atoms with E-state index < -0.39 is 5.97 Å². The number of aliphatic hydroxyl groups is 1. The first-order valence-electron chi connectivity index (χ1n) is 8.09. The van der Waals surface area contributed by atoms with E-state index in [1.165, 1.54) is 6.07 Å². The summed E-state index contributed by atoms with van der Waals surface area (Å²) in [5.74, 6) is -1.00. The zero-order valence-corrected chi connectivity index (χ0v) is 13.4. The first kappa shape index (κ1) is 17.3. The van der Waals surface area contributed by atoms with Crippen LogP contribution in [0.3, 0.4) is 0 Å². The van der Waals surface area contributed by atoms with Crippen LogP contribution in [0.4, 0.5) is 0 Å². The molecule has 0 unspecified atom stereocenters. The molecule has 0 aliphatic carbocycles. The molecule has 1 aromatic carbocycles. The Morgan fingerprint density at radius 2 is 1.87 bits per heavy atom. The van der Waals surface area contributed by atoms with Gasteiger partial charge in [0.25, 0.3) is 0 Å². The van der Waals surface area contributed by atoms with Gasteiger partial charge in [0.05, 0.1) is 12.2 Å². The number of hydrogen-bond acceptors (Lipinski definition) is 5. The van der Waals surface area contributed by atoms with Gasteiger partial charge in [-0.05, 0) is 57.1 Å². The van der Waals surface area contributed by atoms with Crippen molar-refractivity contribution in [2.75, 3.05) is 0 Å². The molecule has 3 N–H and O–H groups in total. The number of esters is 1. The predicted molar refractivity (Wildman–Crippen MR) is 87.4 cm³/mol. The van der Waals surface area contributed by atoms with Crippen LogP contribution < -0.4 is 0 Å². The minimum atomic E-state index is -0.604. The molecular weight excluding hydrogens is 296 g/mol. The third-order valence-corrected chi connectivity index (χ3v) is 4.00. The normalized spacial score (nSPS) is 25.0. The molecule has 5 heteroatoms. The van der Waals surface area contributed by atoms with Crippen LogP contribution >= 0.6 is 0 Å². The Morgan fingerprint density at radius 1 is 1.13 bits per heavy atom. The van der Waals surface area contributed by atoms with E-state index in [4.69, 9.17) is 4.74 Å². The second kappa shape index (κ2) is 8.02. The Bertz CT molecular complexity index is 579. The van der Waals surface area contributed by atoms with E-state index >= 15 is 0 Å². The summed E-state index contributed by atoms with van der Waals surface area (Å²) < 4.78 is 5.38. The molecule has 5 nitrogen and oxygen atoms in total. The largest absolute Gasteiger partial charge is 0.508 e. The summed E-state index contributed by atoms with van der Waals surface area (Å²) in [6.07, 6.45) is 7.39. The topological polar surface area (TPSA) is 87.0 Å². The average molecular weight is 320 g/mol. The molecule has 0 spiro atoms. The molecule has 0 saturated heterocycles. The van der Waals surface area contributed by atoms with Crippen LogP contribution in [0.1, 0.15) is 61.4 Å². The lowest BCUT2D eigenvalue weighted by molar-refractivity contribution is 0.0307. The van der Waals surface area contributed by atoms with E-state index in [9.17, 15) is 20.1 Å². The van der Waals surface area contributed by atoms with E-state index in [0.717, 1.165) is 31.7 Å². The van der Waals surface area contributed by atoms with Crippen molar-refractivity contribution in [3.05, 3.63) is 29.3 Å². The number of fused-ring (bicyclic) bond motifs is 1. The van der Waals surface area contributed by atoms with Gasteiger partial charge in [-0.3, -0.25) is 0 Å². The van der Waals surface area contributed by atoms with Crippen molar-refractivity contribution >= 4 is 12.0 Å². The molecule has 1 aromatic rings. The van der Waals surface area contributed by atoms with Gasteiger partial charge in [0, 0.05) is 6.07 Å². The van der Waals surface area contributed by atoms with E-state index in [0.29, 0.717) is 18.4 Å². The van der Waals surface area contributed by atoms with Crippen molar-refractivity contribution in [2.45, 2.75) is 57.7 Å². The highest BCUT2D eigenvalue weighted by molar-refractivity contribution is 5.97. The van der Waals surface area contributed by atoms with Crippen LogP contribution in [0.5, 0.6) is 11.5 Å². The minimum absolute atomic E-state index is 0.0722. The van der Waals surface area contributed by atoms with Crippen LogP contribution in [-0.2, 0) is 4.74 Å². The van der Waals surface area contributed by atoms with Gasteiger partial charge in [-0.1, -0.05) is 12.2 Å². The number of carbonyl (C=O) groups is 1. The molecule has 2 atom stereocenters. The van der Waals surface area contributed by atoms with Gasteiger partial charge in [-0.15, -0.1) is 0 Å². The van der Waals surface area contributed by atoms with E-state index in [1.807, 2.05) is 6.08 Å². The second-order valence-electron chi connectivity index (χ2n) is 6.06. The van der Waals surface area contributed by atoms with Crippen molar-refractivity contribution < 1.29 is 24.9 Å². The Morgan fingerprint density at radius 3 is 2.65 bits per heavy atom. The van der Waals surface area contributed by atoms with Crippen molar-refractivity contribution in [2.24, 2.45) is 0 Å². The van der Waals surface area contributed by atoms with Crippen LogP contribution in [0.25, 0.3) is 6.08 Å². The first-order chi connectivity index (χ1) is 11.0. The smallest absolute Gasteiger partial charge is 0.342 e. The number of benzene rings is 1. The van der Waals surface area contributed by atoms with Crippen molar-refractivity contribution in [1.82, 2.24) is 0 Å². The molecule has 0 aromatic heterocycles. The molecule has 23 heavy (non-hydrogen) atoms. The molecule has 0 saturated carbocycles. The number of aliphatic hydroxyl groups excluding tert-OH is 1. The number of allylic oxidation sites excluding steroid dienone is 1. The maximum atomic E-state index is 12.3. The number of ether oxygens (including phenoxy) is 1. The SMILES string of the molecule is C[C@H]1CCC[C@H](O)CCC/C=C\c2cc(O)cc(O)c2C(=O)O1. The van der Waals surface area contributed by atoms with Crippen molar-refractivity contribution in [3.8, 4) is 11.5 Å². The van der Waals surface area contributed by atoms with Gasteiger partial charge in [0.1, 0.15) is 17.1 Å². The van der Waals surface area contributed by atoms with Gasteiger partial charge in [0.2, 0.25) is 0 Å². The third kappa shape index (κ3) is 4.99. The Balaban J connectivity index is 2.30.